The van der Waals surface area contributed by atoms with Crippen LogP contribution in [0.4, 0.5) is 5.69 Å². The maximum atomic E-state index is 12.2. The summed E-state index contributed by atoms with van der Waals surface area (Å²) in [5.41, 5.74) is 2.10. The first-order chi connectivity index (χ1) is 8.88. The Morgan fingerprint density at radius 2 is 1.74 bits per heavy atom. The average molecular weight is 297 g/mol. The molecular formula is C13H13ClN2O2S. The van der Waals surface area contributed by atoms with Crippen LogP contribution in [0.3, 0.4) is 0 Å². The molecule has 100 valence electrons. The van der Waals surface area contributed by atoms with Crippen molar-refractivity contribution in [2.24, 2.45) is 0 Å². The van der Waals surface area contributed by atoms with Crippen molar-refractivity contribution < 1.29 is 8.42 Å². The predicted molar refractivity (Wildman–Crippen MR) is 76.0 cm³/mol. The summed E-state index contributed by atoms with van der Waals surface area (Å²) < 4.78 is 26.8. The Morgan fingerprint density at radius 3 is 2.37 bits per heavy atom. The Balaban J connectivity index is 2.36. The molecule has 1 heterocycles. The topological polar surface area (TPSA) is 59.1 Å². The summed E-state index contributed by atoms with van der Waals surface area (Å²) in [6.07, 6.45) is 1.58. The number of anilines is 1. The van der Waals surface area contributed by atoms with Crippen LogP contribution in [0.1, 0.15) is 11.1 Å². The maximum absolute atomic E-state index is 12.2. The number of aryl methyl sites for hydroxylation is 2. The molecule has 6 heteroatoms. The zero-order chi connectivity index (χ0) is 14.0. The number of benzene rings is 1. The summed E-state index contributed by atoms with van der Waals surface area (Å²) in [5, 5.41) is 0.126. The highest BCUT2D eigenvalue weighted by molar-refractivity contribution is 7.92. The minimum absolute atomic E-state index is 0.126. The SMILES string of the molecule is Cc1ccc(S(=O)(=O)Nc2cc(C)cnc2Cl)cc1. The number of pyridine rings is 1. The summed E-state index contributed by atoms with van der Waals surface area (Å²) in [6.45, 7) is 3.71. The van der Waals surface area contributed by atoms with Crippen LogP contribution in [0.15, 0.2) is 41.4 Å². The molecule has 0 amide bonds. The van der Waals surface area contributed by atoms with Gasteiger partial charge in [0.25, 0.3) is 10.0 Å². The van der Waals surface area contributed by atoms with Gasteiger partial charge < -0.3 is 0 Å². The van der Waals surface area contributed by atoms with Gasteiger partial charge in [-0.15, -0.1) is 0 Å². The molecular weight excluding hydrogens is 284 g/mol. The molecule has 0 aliphatic heterocycles. The van der Waals surface area contributed by atoms with Crippen LogP contribution in [0.5, 0.6) is 0 Å². The molecule has 0 saturated carbocycles. The van der Waals surface area contributed by atoms with Crippen LogP contribution in [0.25, 0.3) is 0 Å². The first-order valence-corrected chi connectivity index (χ1v) is 7.46. The fraction of sp³-hybridized carbons (Fsp3) is 0.154. The van der Waals surface area contributed by atoms with E-state index in [4.69, 9.17) is 11.6 Å². The van der Waals surface area contributed by atoms with Crippen molar-refractivity contribution in [1.29, 1.82) is 0 Å². The van der Waals surface area contributed by atoms with E-state index in [1.165, 1.54) is 0 Å². The molecule has 1 N–H and O–H groups in total. The van der Waals surface area contributed by atoms with Gasteiger partial charge in [-0.05, 0) is 37.6 Å². The van der Waals surface area contributed by atoms with Gasteiger partial charge >= 0.3 is 0 Å². The maximum Gasteiger partial charge on any atom is 0.261 e. The number of hydrogen-bond acceptors (Lipinski definition) is 3. The first-order valence-electron chi connectivity index (χ1n) is 5.60. The second kappa shape index (κ2) is 5.19. The van der Waals surface area contributed by atoms with E-state index in [2.05, 4.69) is 9.71 Å². The Kier molecular flexibility index (Phi) is 3.78. The van der Waals surface area contributed by atoms with Crippen LogP contribution < -0.4 is 4.72 Å². The molecule has 1 aromatic carbocycles. The van der Waals surface area contributed by atoms with Crippen LogP contribution >= 0.6 is 11.6 Å². The van der Waals surface area contributed by atoms with Gasteiger partial charge in [-0.3, -0.25) is 4.72 Å². The third-order valence-electron chi connectivity index (χ3n) is 2.55. The minimum atomic E-state index is -3.64. The molecule has 0 saturated heterocycles. The largest absolute Gasteiger partial charge is 0.276 e. The molecule has 4 nitrogen and oxygen atoms in total. The van der Waals surface area contributed by atoms with Crippen molar-refractivity contribution in [3.63, 3.8) is 0 Å². The lowest BCUT2D eigenvalue weighted by Crippen LogP contribution is -2.13. The van der Waals surface area contributed by atoms with Gasteiger partial charge in [0.1, 0.15) is 0 Å². The molecule has 0 atom stereocenters. The van der Waals surface area contributed by atoms with E-state index in [-0.39, 0.29) is 15.7 Å². The number of nitrogens with one attached hydrogen (secondary N) is 1. The summed E-state index contributed by atoms with van der Waals surface area (Å²) in [7, 11) is -3.64. The summed E-state index contributed by atoms with van der Waals surface area (Å²) in [5.74, 6) is 0. The smallest absolute Gasteiger partial charge is 0.261 e. The van der Waals surface area contributed by atoms with Crippen LogP contribution in [0, 0.1) is 13.8 Å². The summed E-state index contributed by atoms with van der Waals surface area (Å²) >= 11 is 5.88. The van der Waals surface area contributed by atoms with Gasteiger partial charge in [0.15, 0.2) is 5.15 Å². The van der Waals surface area contributed by atoms with E-state index >= 15 is 0 Å². The minimum Gasteiger partial charge on any atom is -0.276 e. The second-order valence-electron chi connectivity index (χ2n) is 4.27. The zero-order valence-electron chi connectivity index (χ0n) is 10.5. The van der Waals surface area contributed by atoms with E-state index in [0.717, 1.165) is 11.1 Å². The highest BCUT2D eigenvalue weighted by Crippen LogP contribution is 2.23. The molecule has 0 radical (unpaired) electrons. The second-order valence-corrected chi connectivity index (χ2v) is 6.31. The number of halogens is 1. The number of sulfonamides is 1. The van der Waals surface area contributed by atoms with Crippen LogP contribution in [0.2, 0.25) is 5.15 Å². The molecule has 0 unspecified atom stereocenters. The lowest BCUT2D eigenvalue weighted by molar-refractivity contribution is 0.601. The monoisotopic (exact) mass is 296 g/mol. The van der Waals surface area contributed by atoms with Crippen LogP contribution in [-0.2, 0) is 10.0 Å². The van der Waals surface area contributed by atoms with Crippen molar-refractivity contribution >= 4 is 27.3 Å². The Labute approximate surface area is 117 Å². The summed E-state index contributed by atoms with van der Waals surface area (Å²) in [6, 6.07) is 8.22. The third-order valence-corrected chi connectivity index (χ3v) is 4.23. The lowest BCUT2D eigenvalue weighted by atomic mass is 10.2. The molecule has 0 aliphatic rings. The zero-order valence-corrected chi connectivity index (χ0v) is 12.1. The van der Waals surface area contributed by atoms with Crippen molar-refractivity contribution in [1.82, 2.24) is 4.98 Å². The molecule has 0 bridgehead atoms. The van der Waals surface area contributed by atoms with Crippen molar-refractivity contribution in [2.45, 2.75) is 18.7 Å². The normalized spacial score (nSPS) is 11.3. The molecule has 2 rings (SSSR count). The molecule has 0 aliphatic carbocycles. The van der Waals surface area contributed by atoms with E-state index < -0.39 is 10.0 Å². The molecule has 0 fully saturated rings. The average Bonchev–Trinajstić information content (AvgIpc) is 2.34. The molecule has 0 spiro atoms. The first kappa shape index (κ1) is 13.8. The van der Waals surface area contributed by atoms with Gasteiger partial charge in [-0.2, -0.15) is 0 Å². The van der Waals surface area contributed by atoms with Gasteiger partial charge in [0, 0.05) is 6.20 Å². The molecule has 19 heavy (non-hydrogen) atoms. The Morgan fingerprint density at radius 1 is 1.11 bits per heavy atom. The predicted octanol–water partition coefficient (Wildman–Crippen LogP) is 3.15. The number of hydrogen-bond donors (Lipinski definition) is 1. The third kappa shape index (κ3) is 3.24. The van der Waals surface area contributed by atoms with Crippen molar-refractivity contribution in [3.8, 4) is 0 Å². The fourth-order valence-electron chi connectivity index (χ4n) is 1.55. The van der Waals surface area contributed by atoms with E-state index in [1.807, 2.05) is 13.8 Å². The Hall–Kier alpha value is -1.59. The highest BCUT2D eigenvalue weighted by atomic mass is 35.5. The van der Waals surface area contributed by atoms with Crippen molar-refractivity contribution in [3.05, 3.63) is 52.8 Å². The van der Waals surface area contributed by atoms with E-state index in [0.29, 0.717) is 0 Å². The highest BCUT2D eigenvalue weighted by Gasteiger charge is 2.15. The van der Waals surface area contributed by atoms with Crippen LogP contribution in [-0.4, -0.2) is 13.4 Å². The molecule has 2 aromatic rings. The van der Waals surface area contributed by atoms with Gasteiger partial charge in [0.2, 0.25) is 0 Å². The lowest BCUT2D eigenvalue weighted by Gasteiger charge is -2.09. The van der Waals surface area contributed by atoms with Crippen molar-refractivity contribution in [2.75, 3.05) is 4.72 Å². The van der Waals surface area contributed by atoms with Gasteiger partial charge in [-0.25, -0.2) is 13.4 Å². The van der Waals surface area contributed by atoms with Gasteiger partial charge in [-0.1, -0.05) is 29.3 Å². The van der Waals surface area contributed by atoms with E-state index in [1.54, 1.807) is 36.5 Å². The molecule has 1 aromatic heterocycles. The number of rotatable bonds is 3. The Bertz CT molecular complexity index is 697. The summed E-state index contributed by atoms with van der Waals surface area (Å²) in [4.78, 5) is 4.10. The quantitative estimate of drug-likeness (QED) is 0.885. The number of nitrogens with zero attached hydrogens (tertiary/aromatic N) is 1. The van der Waals surface area contributed by atoms with E-state index in [9.17, 15) is 8.42 Å². The van der Waals surface area contributed by atoms with Gasteiger partial charge in [0.05, 0.1) is 10.6 Å². The fourth-order valence-corrected chi connectivity index (χ4v) is 2.81. The standard InChI is InChI=1S/C13H13ClN2O2S/c1-9-3-5-11(6-4-9)19(17,18)16-12-7-10(2)8-15-13(12)14/h3-8,16H,1-2H3. The number of aromatic nitrogens is 1.